The van der Waals surface area contributed by atoms with Gasteiger partial charge in [-0.3, -0.25) is 10.1 Å². The molecule has 0 saturated carbocycles. The molecule has 0 atom stereocenters. The summed E-state index contributed by atoms with van der Waals surface area (Å²) < 4.78 is 0. The molecular formula is C15H15N3. The molecule has 1 aromatic carbocycles. The van der Waals surface area contributed by atoms with Gasteiger partial charge in [-0.2, -0.15) is 5.10 Å². The molecule has 2 aromatic heterocycles. The molecule has 0 fully saturated rings. The smallest absolute Gasteiger partial charge is 0.0737 e. The van der Waals surface area contributed by atoms with Crippen molar-refractivity contribution in [3.05, 3.63) is 47.4 Å². The maximum absolute atomic E-state index is 4.48. The second-order valence-corrected chi connectivity index (χ2v) is 4.64. The third kappa shape index (κ3) is 1.51. The molecule has 0 saturated heterocycles. The summed E-state index contributed by atoms with van der Waals surface area (Å²) in [4.78, 5) is 4.48. The summed E-state index contributed by atoms with van der Waals surface area (Å²) in [6.45, 7) is 6.17. The number of aromatic amines is 1. The van der Waals surface area contributed by atoms with Crippen LogP contribution in [0.15, 0.2) is 30.5 Å². The number of nitrogens with one attached hydrogen (secondary N) is 1. The van der Waals surface area contributed by atoms with Crippen molar-refractivity contribution < 1.29 is 0 Å². The average molecular weight is 237 g/mol. The summed E-state index contributed by atoms with van der Waals surface area (Å²) >= 11 is 0. The fourth-order valence-corrected chi connectivity index (χ4v) is 2.48. The van der Waals surface area contributed by atoms with Crippen LogP contribution in [0.3, 0.4) is 0 Å². The number of rotatable bonds is 1. The Hall–Kier alpha value is -2.16. The van der Waals surface area contributed by atoms with E-state index in [0.29, 0.717) is 0 Å². The Bertz CT molecular complexity index is 706. The van der Waals surface area contributed by atoms with Gasteiger partial charge < -0.3 is 0 Å². The van der Waals surface area contributed by atoms with Crippen molar-refractivity contribution in [1.82, 2.24) is 15.2 Å². The summed E-state index contributed by atoms with van der Waals surface area (Å²) in [5, 5.41) is 8.51. The lowest BCUT2D eigenvalue weighted by molar-refractivity contribution is 1.02. The Morgan fingerprint density at radius 2 is 1.89 bits per heavy atom. The predicted molar refractivity (Wildman–Crippen MR) is 73.5 cm³/mol. The van der Waals surface area contributed by atoms with Gasteiger partial charge in [-0.15, -0.1) is 0 Å². The van der Waals surface area contributed by atoms with E-state index in [-0.39, 0.29) is 0 Å². The van der Waals surface area contributed by atoms with Gasteiger partial charge in [0.1, 0.15) is 0 Å². The van der Waals surface area contributed by atoms with E-state index in [9.17, 15) is 0 Å². The number of hydrogen-bond donors (Lipinski definition) is 1. The van der Waals surface area contributed by atoms with Gasteiger partial charge in [0, 0.05) is 22.8 Å². The molecule has 1 N–H and O–H groups in total. The minimum Gasteiger partial charge on any atom is -0.282 e. The maximum atomic E-state index is 4.48. The molecular weight excluding hydrogens is 222 g/mol. The van der Waals surface area contributed by atoms with Crippen molar-refractivity contribution in [2.24, 2.45) is 0 Å². The zero-order valence-corrected chi connectivity index (χ0v) is 10.8. The average Bonchev–Trinajstić information content (AvgIpc) is 2.71. The molecule has 0 bridgehead atoms. The minimum absolute atomic E-state index is 1.03. The lowest BCUT2D eigenvalue weighted by Crippen LogP contribution is -1.89. The highest BCUT2D eigenvalue weighted by molar-refractivity contribution is 5.97. The second-order valence-electron chi connectivity index (χ2n) is 4.64. The van der Waals surface area contributed by atoms with Crippen LogP contribution in [0.2, 0.25) is 0 Å². The zero-order valence-electron chi connectivity index (χ0n) is 10.8. The first-order valence-corrected chi connectivity index (χ1v) is 6.05. The van der Waals surface area contributed by atoms with Crippen LogP contribution < -0.4 is 0 Å². The van der Waals surface area contributed by atoms with E-state index in [1.54, 1.807) is 0 Å². The fourth-order valence-electron chi connectivity index (χ4n) is 2.48. The van der Waals surface area contributed by atoms with E-state index < -0.39 is 0 Å². The molecule has 0 spiro atoms. The number of aromatic nitrogens is 3. The quantitative estimate of drug-likeness (QED) is 0.703. The van der Waals surface area contributed by atoms with Crippen LogP contribution >= 0.6 is 0 Å². The van der Waals surface area contributed by atoms with E-state index in [1.165, 1.54) is 22.1 Å². The third-order valence-corrected chi connectivity index (χ3v) is 3.37. The molecule has 2 heterocycles. The van der Waals surface area contributed by atoms with E-state index in [1.807, 2.05) is 19.2 Å². The Balaban J connectivity index is 2.41. The molecule has 0 radical (unpaired) electrons. The number of benzene rings is 1. The molecule has 18 heavy (non-hydrogen) atoms. The van der Waals surface area contributed by atoms with Gasteiger partial charge in [0.05, 0.1) is 11.2 Å². The Labute approximate surface area is 106 Å². The van der Waals surface area contributed by atoms with Crippen LogP contribution in [0.25, 0.3) is 22.0 Å². The topological polar surface area (TPSA) is 41.6 Å². The monoisotopic (exact) mass is 237 g/mol. The zero-order chi connectivity index (χ0) is 12.7. The molecule has 3 rings (SSSR count). The largest absolute Gasteiger partial charge is 0.282 e. The van der Waals surface area contributed by atoms with Crippen molar-refractivity contribution in [1.29, 1.82) is 0 Å². The van der Waals surface area contributed by atoms with Crippen LogP contribution in [0, 0.1) is 20.8 Å². The molecule has 0 unspecified atom stereocenters. The van der Waals surface area contributed by atoms with Crippen molar-refractivity contribution in [3.63, 3.8) is 0 Å². The SMILES string of the molecule is Cc1n[nH]c(C)c1-c1ccc(C)c2ncccc12. The Kier molecular flexibility index (Phi) is 2.40. The van der Waals surface area contributed by atoms with E-state index in [0.717, 1.165) is 16.9 Å². The van der Waals surface area contributed by atoms with Gasteiger partial charge in [-0.05, 0) is 38.0 Å². The Morgan fingerprint density at radius 1 is 1.06 bits per heavy atom. The number of fused-ring (bicyclic) bond motifs is 1. The predicted octanol–water partition coefficient (Wildman–Crippen LogP) is 3.55. The van der Waals surface area contributed by atoms with Crippen LogP contribution in [-0.2, 0) is 0 Å². The molecule has 0 aliphatic heterocycles. The van der Waals surface area contributed by atoms with E-state index in [2.05, 4.69) is 47.2 Å². The van der Waals surface area contributed by atoms with E-state index in [4.69, 9.17) is 0 Å². The molecule has 0 aliphatic carbocycles. The van der Waals surface area contributed by atoms with Crippen LogP contribution in [-0.4, -0.2) is 15.2 Å². The van der Waals surface area contributed by atoms with Crippen molar-refractivity contribution in [3.8, 4) is 11.1 Å². The van der Waals surface area contributed by atoms with Crippen LogP contribution in [0.5, 0.6) is 0 Å². The number of H-pyrrole nitrogens is 1. The highest BCUT2D eigenvalue weighted by atomic mass is 15.1. The first-order chi connectivity index (χ1) is 8.68. The van der Waals surface area contributed by atoms with Gasteiger partial charge in [-0.1, -0.05) is 18.2 Å². The lowest BCUT2D eigenvalue weighted by atomic mass is 9.97. The summed E-state index contributed by atoms with van der Waals surface area (Å²) in [5.74, 6) is 0. The first-order valence-electron chi connectivity index (χ1n) is 6.05. The standard InChI is InChI=1S/C15H15N3/c1-9-6-7-12(13-5-4-8-16-15(9)13)14-10(2)17-18-11(14)3/h4-8H,1-3H3,(H,17,18). The van der Waals surface area contributed by atoms with Crippen molar-refractivity contribution >= 4 is 10.9 Å². The van der Waals surface area contributed by atoms with E-state index >= 15 is 0 Å². The molecule has 3 aromatic rings. The summed E-state index contributed by atoms with van der Waals surface area (Å²) in [6.07, 6.45) is 1.84. The normalized spacial score (nSPS) is 11.1. The second kappa shape index (κ2) is 3.95. The van der Waals surface area contributed by atoms with Gasteiger partial charge in [0.15, 0.2) is 0 Å². The summed E-state index contributed by atoms with van der Waals surface area (Å²) in [7, 11) is 0. The number of nitrogens with zero attached hydrogens (tertiary/aromatic N) is 2. The number of pyridine rings is 1. The van der Waals surface area contributed by atoms with Gasteiger partial charge >= 0.3 is 0 Å². The molecule has 90 valence electrons. The molecule has 0 amide bonds. The molecule has 3 nitrogen and oxygen atoms in total. The number of aryl methyl sites for hydroxylation is 3. The fraction of sp³-hybridized carbons (Fsp3) is 0.200. The third-order valence-electron chi connectivity index (χ3n) is 3.37. The van der Waals surface area contributed by atoms with Crippen molar-refractivity contribution in [2.45, 2.75) is 20.8 Å². The highest BCUT2D eigenvalue weighted by Crippen LogP contribution is 2.32. The minimum atomic E-state index is 1.03. The number of hydrogen-bond acceptors (Lipinski definition) is 2. The van der Waals surface area contributed by atoms with Crippen molar-refractivity contribution in [2.75, 3.05) is 0 Å². The van der Waals surface area contributed by atoms with Gasteiger partial charge in [-0.25, -0.2) is 0 Å². The lowest BCUT2D eigenvalue weighted by Gasteiger charge is -2.08. The van der Waals surface area contributed by atoms with Gasteiger partial charge in [0.2, 0.25) is 0 Å². The van der Waals surface area contributed by atoms with Crippen LogP contribution in [0.4, 0.5) is 0 Å². The first kappa shape index (κ1) is 11.0. The maximum Gasteiger partial charge on any atom is 0.0737 e. The Morgan fingerprint density at radius 3 is 2.61 bits per heavy atom. The highest BCUT2D eigenvalue weighted by Gasteiger charge is 2.13. The van der Waals surface area contributed by atoms with Crippen LogP contribution in [0.1, 0.15) is 17.0 Å². The molecule has 3 heteroatoms. The summed E-state index contributed by atoms with van der Waals surface area (Å²) in [5.41, 5.74) is 6.78. The summed E-state index contributed by atoms with van der Waals surface area (Å²) in [6, 6.07) is 8.38. The van der Waals surface area contributed by atoms with Gasteiger partial charge in [0.25, 0.3) is 0 Å². The molecule has 0 aliphatic rings.